The molecule has 0 atom stereocenters. The van der Waals surface area contributed by atoms with Crippen LogP contribution >= 0.6 is 0 Å². The van der Waals surface area contributed by atoms with Crippen molar-refractivity contribution in [3.8, 4) is 67.3 Å². The van der Waals surface area contributed by atoms with Crippen LogP contribution < -0.4 is 0 Å². The van der Waals surface area contributed by atoms with E-state index in [1.54, 1.807) is 6.20 Å². The number of hydrogen-bond donors (Lipinski definition) is 0. The van der Waals surface area contributed by atoms with Gasteiger partial charge in [0.2, 0.25) is 0 Å². The Labute approximate surface area is 286 Å². The first-order valence-electron chi connectivity index (χ1n) is 16.8. The van der Waals surface area contributed by atoms with Gasteiger partial charge in [0.05, 0.1) is 11.4 Å². The lowest BCUT2D eigenvalue weighted by Crippen LogP contribution is -2.15. The molecule has 0 saturated heterocycles. The highest BCUT2D eigenvalue weighted by Crippen LogP contribution is 2.52. The van der Waals surface area contributed by atoms with E-state index in [2.05, 4.69) is 152 Å². The quantitative estimate of drug-likeness (QED) is 0.191. The van der Waals surface area contributed by atoms with Crippen molar-refractivity contribution >= 4 is 10.8 Å². The molecule has 2 heterocycles. The number of nitrogens with zero attached hydrogens (tertiary/aromatic N) is 3. The van der Waals surface area contributed by atoms with E-state index < -0.39 is 0 Å². The van der Waals surface area contributed by atoms with E-state index in [9.17, 15) is 0 Å². The first kappa shape index (κ1) is 29.0. The number of fused-ring (bicyclic) bond motifs is 5. The van der Waals surface area contributed by atoms with Gasteiger partial charge in [-0.1, -0.05) is 141 Å². The van der Waals surface area contributed by atoms with Crippen molar-refractivity contribution in [1.82, 2.24) is 15.0 Å². The van der Waals surface area contributed by atoms with E-state index in [-0.39, 0.29) is 5.41 Å². The van der Waals surface area contributed by atoms with Gasteiger partial charge in [0, 0.05) is 34.5 Å². The van der Waals surface area contributed by atoms with Crippen LogP contribution in [-0.4, -0.2) is 15.0 Å². The molecule has 232 valence electrons. The molecule has 8 aromatic rings. The van der Waals surface area contributed by atoms with Gasteiger partial charge in [-0.2, -0.15) is 0 Å². The molecule has 1 aliphatic carbocycles. The lowest BCUT2D eigenvalue weighted by atomic mass is 9.79. The van der Waals surface area contributed by atoms with Crippen LogP contribution in [0.1, 0.15) is 25.0 Å². The normalized spacial score (nSPS) is 12.9. The molecule has 0 N–H and O–H groups in total. The van der Waals surface area contributed by atoms with Crippen molar-refractivity contribution in [2.45, 2.75) is 19.3 Å². The molecule has 0 amide bonds. The van der Waals surface area contributed by atoms with Gasteiger partial charge in [0.1, 0.15) is 0 Å². The van der Waals surface area contributed by atoms with E-state index in [0.29, 0.717) is 5.82 Å². The monoisotopic (exact) mass is 627 g/mol. The number of benzene rings is 6. The Bertz CT molecular complexity index is 2480. The Hall–Kier alpha value is -6.19. The molecular formula is C46H33N3. The van der Waals surface area contributed by atoms with Gasteiger partial charge in [0.15, 0.2) is 5.82 Å². The first-order valence-corrected chi connectivity index (χ1v) is 16.8. The smallest absolute Gasteiger partial charge is 0.160 e. The van der Waals surface area contributed by atoms with Crippen LogP contribution in [-0.2, 0) is 5.41 Å². The average molecular weight is 628 g/mol. The van der Waals surface area contributed by atoms with Crippen molar-refractivity contribution in [1.29, 1.82) is 0 Å². The van der Waals surface area contributed by atoms with E-state index in [1.165, 1.54) is 49.7 Å². The van der Waals surface area contributed by atoms with Crippen molar-refractivity contribution < 1.29 is 0 Å². The molecule has 6 aromatic carbocycles. The average Bonchev–Trinajstić information content (AvgIpc) is 3.41. The van der Waals surface area contributed by atoms with Crippen molar-refractivity contribution in [3.05, 3.63) is 175 Å². The van der Waals surface area contributed by atoms with E-state index in [0.717, 1.165) is 33.6 Å². The maximum Gasteiger partial charge on any atom is 0.160 e. The summed E-state index contributed by atoms with van der Waals surface area (Å²) < 4.78 is 0. The van der Waals surface area contributed by atoms with Gasteiger partial charge in [-0.3, -0.25) is 4.98 Å². The topological polar surface area (TPSA) is 38.7 Å². The Balaban J connectivity index is 1.08. The van der Waals surface area contributed by atoms with Gasteiger partial charge in [-0.05, 0) is 79.5 Å². The molecule has 0 bridgehead atoms. The van der Waals surface area contributed by atoms with Crippen LogP contribution in [0.5, 0.6) is 0 Å². The van der Waals surface area contributed by atoms with Crippen LogP contribution in [0, 0.1) is 0 Å². The highest BCUT2D eigenvalue weighted by molar-refractivity contribution is 5.98. The van der Waals surface area contributed by atoms with Gasteiger partial charge in [-0.25, -0.2) is 9.97 Å². The summed E-state index contributed by atoms with van der Waals surface area (Å²) in [6, 6.07) is 54.0. The van der Waals surface area contributed by atoms with Gasteiger partial charge < -0.3 is 0 Å². The first-order chi connectivity index (χ1) is 24.0. The molecule has 0 saturated carbocycles. The molecule has 3 heteroatoms. The zero-order valence-electron chi connectivity index (χ0n) is 27.4. The Morgan fingerprint density at radius 3 is 1.80 bits per heavy atom. The van der Waals surface area contributed by atoms with Crippen LogP contribution in [0.2, 0.25) is 0 Å². The summed E-state index contributed by atoms with van der Waals surface area (Å²) in [6.07, 6.45) is 3.64. The van der Waals surface area contributed by atoms with E-state index >= 15 is 0 Å². The fourth-order valence-electron chi connectivity index (χ4n) is 7.44. The minimum Gasteiger partial charge on any atom is -0.264 e. The molecule has 2 aromatic heterocycles. The zero-order valence-corrected chi connectivity index (χ0v) is 27.4. The summed E-state index contributed by atoms with van der Waals surface area (Å²) in [5.74, 6) is 0.688. The summed E-state index contributed by atoms with van der Waals surface area (Å²) in [7, 11) is 0. The third-order valence-corrected chi connectivity index (χ3v) is 9.98. The maximum atomic E-state index is 5.09. The second-order valence-corrected chi connectivity index (χ2v) is 13.3. The third-order valence-electron chi connectivity index (χ3n) is 9.98. The van der Waals surface area contributed by atoms with Gasteiger partial charge in [0.25, 0.3) is 0 Å². The van der Waals surface area contributed by atoms with E-state index in [1.807, 2.05) is 24.4 Å². The minimum absolute atomic E-state index is 0.0964. The van der Waals surface area contributed by atoms with E-state index in [4.69, 9.17) is 9.97 Å². The molecule has 9 rings (SSSR count). The molecule has 0 radical (unpaired) electrons. The summed E-state index contributed by atoms with van der Waals surface area (Å²) in [6.45, 7) is 4.72. The summed E-state index contributed by atoms with van der Waals surface area (Å²) >= 11 is 0. The Morgan fingerprint density at radius 1 is 0.449 bits per heavy atom. The van der Waals surface area contributed by atoms with Gasteiger partial charge >= 0.3 is 0 Å². The van der Waals surface area contributed by atoms with Crippen LogP contribution in [0.4, 0.5) is 0 Å². The standard InChI is InChI=1S/C46H33N3/c1-46(2)41-27-36(23-24-39(41)40-25-22-33-11-6-7-13-38(33)44(40)46)32-14-18-34(19-15-32)42-28-43(37-12-8-26-47-29-37)49-45(48-42)35-20-16-31(17-21-35)30-9-4-3-5-10-30/h3-29H,1-2H3. The maximum absolute atomic E-state index is 5.09. The molecule has 3 nitrogen and oxygen atoms in total. The summed E-state index contributed by atoms with van der Waals surface area (Å²) in [5, 5.41) is 2.64. The van der Waals surface area contributed by atoms with Gasteiger partial charge in [-0.15, -0.1) is 0 Å². The van der Waals surface area contributed by atoms with Crippen molar-refractivity contribution in [2.75, 3.05) is 0 Å². The predicted octanol–water partition coefficient (Wildman–Crippen LogP) is 11.7. The second kappa shape index (κ2) is 11.5. The van der Waals surface area contributed by atoms with Crippen molar-refractivity contribution in [3.63, 3.8) is 0 Å². The largest absolute Gasteiger partial charge is 0.264 e. The zero-order chi connectivity index (χ0) is 33.0. The highest BCUT2D eigenvalue weighted by atomic mass is 14.9. The molecule has 49 heavy (non-hydrogen) atoms. The Morgan fingerprint density at radius 2 is 1.04 bits per heavy atom. The third kappa shape index (κ3) is 5.03. The SMILES string of the molecule is CC1(C)c2cc(-c3ccc(-c4cc(-c5cccnc5)nc(-c5ccc(-c6ccccc6)cc5)n4)cc3)ccc2-c2ccc3ccccc3c21. The number of aromatic nitrogens is 3. The van der Waals surface area contributed by atoms with Crippen LogP contribution in [0.15, 0.2) is 164 Å². The second-order valence-electron chi connectivity index (χ2n) is 13.3. The lowest BCUT2D eigenvalue weighted by Gasteiger charge is -2.23. The lowest BCUT2D eigenvalue weighted by molar-refractivity contribution is 0.666. The molecule has 0 fully saturated rings. The molecular weight excluding hydrogens is 595 g/mol. The molecule has 0 spiro atoms. The molecule has 1 aliphatic rings. The van der Waals surface area contributed by atoms with Crippen molar-refractivity contribution in [2.24, 2.45) is 0 Å². The fraction of sp³-hybridized carbons (Fsp3) is 0.0652. The number of hydrogen-bond acceptors (Lipinski definition) is 3. The fourth-order valence-corrected chi connectivity index (χ4v) is 7.44. The highest BCUT2D eigenvalue weighted by Gasteiger charge is 2.37. The minimum atomic E-state index is -0.0964. The summed E-state index contributed by atoms with van der Waals surface area (Å²) in [5.41, 5.74) is 14.8. The number of rotatable bonds is 5. The van der Waals surface area contributed by atoms with Crippen LogP contribution in [0.25, 0.3) is 78.1 Å². The molecule has 0 unspecified atom stereocenters. The Kier molecular flexibility index (Phi) is 6.80. The number of pyridine rings is 1. The molecule has 0 aliphatic heterocycles. The van der Waals surface area contributed by atoms with Crippen LogP contribution in [0.3, 0.4) is 0 Å². The summed E-state index contributed by atoms with van der Waals surface area (Å²) in [4.78, 5) is 14.4. The predicted molar refractivity (Wildman–Crippen MR) is 202 cm³/mol.